The van der Waals surface area contributed by atoms with Gasteiger partial charge in [-0.15, -0.1) is 0 Å². The number of carbonyl (C=O) groups is 3. The number of rotatable bonds is 2. The van der Waals surface area contributed by atoms with Crippen molar-refractivity contribution in [2.45, 2.75) is 25.4 Å². The Balaban J connectivity index is 1.63. The molecule has 0 radical (unpaired) electrons. The lowest BCUT2D eigenvalue weighted by atomic mass is 10.0. The van der Waals surface area contributed by atoms with Crippen molar-refractivity contribution in [3.8, 4) is 11.3 Å². The predicted molar refractivity (Wildman–Crippen MR) is 83.5 cm³/mol. The van der Waals surface area contributed by atoms with E-state index in [1.54, 1.807) is 18.3 Å². The third-order valence-electron chi connectivity index (χ3n) is 4.39. The van der Waals surface area contributed by atoms with E-state index in [-0.39, 0.29) is 18.2 Å². The molecule has 4 rings (SSSR count). The van der Waals surface area contributed by atoms with Gasteiger partial charge in [0.05, 0.1) is 5.69 Å². The first-order valence-corrected chi connectivity index (χ1v) is 7.69. The summed E-state index contributed by atoms with van der Waals surface area (Å²) in [5.74, 6) is -0.864. The third-order valence-corrected chi connectivity index (χ3v) is 4.39. The van der Waals surface area contributed by atoms with Gasteiger partial charge < -0.3 is 4.90 Å². The van der Waals surface area contributed by atoms with E-state index in [2.05, 4.69) is 15.5 Å². The van der Waals surface area contributed by atoms with Crippen LogP contribution in [0.1, 0.15) is 28.8 Å². The average molecular weight is 322 g/mol. The van der Waals surface area contributed by atoms with Crippen molar-refractivity contribution in [1.29, 1.82) is 0 Å². The monoisotopic (exact) mass is 322 g/mol. The molecule has 2 aliphatic rings. The first-order valence-electron chi connectivity index (χ1n) is 7.69. The molecule has 1 aromatic carbocycles. The molecule has 0 bridgehead atoms. The van der Waals surface area contributed by atoms with Crippen molar-refractivity contribution in [3.05, 3.63) is 47.7 Å². The Hall–Kier alpha value is -3.09. The normalized spacial score (nSPS) is 20.1. The second-order valence-corrected chi connectivity index (χ2v) is 5.88. The average Bonchev–Trinajstić information content (AvgIpc) is 2.92. The summed E-state index contributed by atoms with van der Waals surface area (Å²) < 4.78 is 0. The van der Waals surface area contributed by atoms with Crippen LogP contribution in [0.3, 0.4) is 0 Å². The number of carbonyl (C=O) groups excluding carboxylic acids is 3. The lowest BCUT2D eigenvalue weighted by molar-refractivity contribution is -0.136. The van der Waals surface area contributed by atoms with Crippen LogP contribution in [0.25, 0.3) is 11.3 Å². The molecule has 24 heavy (non-hydrogen) atoms. The molecular formula is C17H14N4O3. The Morgan fingerprint density at radius 1 is 1.17 bits per heavy atom. The molecule has 7 heteroatoms. The summed E-state index contributed by atoms with van der Waals surface area (Å²) >= 11 is 0. The van der Waals surface area contributed by atoms with E-state index in [4.69, 9.17) is 0 Å². The van der Waals surface area contributed by atoms with Crippen LogP contribution in [0.2, 0.25) is 0 Å². The summed E-state index contributed by atoms with van der Waals surface area (Å²) in [4.78, 5) is 37.5. The fraction of sp³-hybridized carbons (Fsp3) is 0.235. The Morgan fingerprint density at radius 2 is 2.04 bits per heavy atom. The molecular weight excluding hydrogens is 308 g/mol. The SMILES string of the molecule is O=C1CCC(N2Cc3cc(-c4cccnn4)ccc3C2=O)C(=O)N1. The van der Waals surface area contributed by atoms with Crippen LogP contribution in [-0.4, -0.2) is 38.9 Å². The van der Waals surface area contributed by atoms with Gasteiger partial charge in [0.2, 0.25) is 11.8 Å². The highest BCUT2D eigenvalue weighted by atomic mass is 16.2. The van der Waals surface area contributed by atoms with Gasteiger partial charge in [-0.3, -0.25) is 19.7 Å². The van der Waals surface area contributed by atoms with E-state index in [1.807, 2.05) is 18.2 Å². The largest absolute Gasteiger partial charge is 0.322 e. The fourth-order valence-corrected chi connectivity index (χ4v) is 3.19. The first kappa shape index (κ1) is 14.5. The molecule has 120 valence electrons. The molecule has 1 aromatic heterocycles. The predicted octanol–water partition coefficient (Wildman–Crippen LogP) is 0.905. The van der Waals surface area contributed by atoms with E-state index in [0.29, 0.717) is 18.5 Å². The maximum Gasteiger partial charge on any atom is 0.255 e. The number of imide groups is 1. The number of benzene rings is 1. The Bertz CT molecular complexity index is 850. The zero-order valence-corrected chi connectivity index (χ0v) is 12.7. The second kappa shape index (κ2) is 5.52. The topological polar surface area (TPSA) is 92.3 Å². The van der Waals surface area contributed by atoms with Crippen molar-refractivity contribution in [2.24, 2.45) is 0 Å². The number of hydrogen-bond donors (Lipinski definition) is 1. The summed E-state index contributed by atoms with van der Waals surface area (Å²) in [6.45, 7) is 0.356. The molecule has 1 unspecified atom stereocenters. The van der Waals surface area contributed by atoms with Crippen LogP contribution in [0.15, 0.2) is 36.5 Å². The number of nitrogens with zero attached hydrogens (tertiary/aromatic N) is 3. The number of fused-ring (bicyclic) bond motifs is 1. The van der Waals surface area contributed by atoms with Gasteiger partial charge in [-0.2, -0.15) is 10.2 Å². The third kappa shape index (κ3) is 2.34. The zero-order valence-electron chi connectivity index (χ0n) is 12.7. The maximum absolute atomic E-state index is 12.6. The first-order chi connectivity index (χ1) is 11.6. The molecule has 0 aliphatic carbocycles. The highest BCUT2D eigenvalue weighted by Gasteiger charge is 2.39. The van der Waals surface area contributed by atoms with Crippen LogP contribution in [-0.2, 0) is 16.1 Å². The summed E-state index contributed by atoms with van der Waals surface area (Å²) in [6, 6.07) is 8.55. The van der Waals surface area contributed by atoms with Crippen LogP contribution in [0, 0.1) is 0 Å². The molecule has 2 aliphatic heterocycles. The van der Waals surface area contributed by atoms with Crippen molar-refractivity contribution in [1.82, 2.24) is 20.4 Å². The fourth-order valence-electron chi connectivity index (χ4n) is 3.19. The Kier molecular flexibility index (Phi) is 3.34. The highest BCUT2D eigenvalue weighted by molar-refractivity contribution is 6.05. The molecule has 3 heterocycles. The van der Waals surface area contributed by atoms with Crippen LogP contribution < -0.4 is 5.32 Å². The lowest BCUT2D eigenvalue weighted by Gasteiger charge is -2.29. The molecule has 2 aromatic rings. The minimum Gasteiger partial charge on any atom is -0.322 e. The Morgan fingerprint density at radius 3 is 2.79 bits per heavy atom. The minimum absolute atomic E-state index is 0.176. The van der Waals surface area contributed by atoms with Crippen LogP contribution >= 0.6 is 0 Å². The maximum atomic E-state index is 12.6. The van der Waals surface area contributed by atoms with Gasteiger partial charge in [-0.25, -0.2) is 0 Å². The van der Waals surface area contributed by atoms with Crippen molar-refractivity contribution in [3.63, 3.8) is 0 Å². The van der Waals surface area contributed by atoms with Gasteiger partial charge in [0, 0.05) is 30.3 Å². The lowest BCUT2D eigenvalue weighted by Crippen LogP contribution is -2.52. The van der Waals surface area contributed by atoms with E-state index in [0.717, 1.165) is 16.8 Å². The summed E-state index contributed by atoms with van der Waals surface area (Å²) in [5.41, 5.74) is 3.05. The number of aromatic nitrogens is 2. The quantitative estimate of drug-likeness (QED) is 0.830. The summed E-state index contributed by atoms with van der Waals surface area (Å²) in [5, 5.41) is 10.2. The van der Waals surface area contributed by atoms with Gasteiger partial charge in [0.1, 0.15) is 6.04 Å². The van der Waals surface area contributed by atoms with Gasteiger partial charge in [-0.05, 0) is 36.2 Å². The highest BCUT2D eigenvalue weighted by Crippen LogP contribution is 2.30. The van der Waals surface area contributed by atoms with Crippen molar-refractivity contribution >= 4 is 17.7 Å². The molecule has 3 amide bonds. The smallest absolute Gasteiger partial charge is 0.255 e. The van der Waals surface area contributed by atoms with Crippen molar-refractivity contribution < 1.29 is 14.4 Å². The molecule has 1 saturated heterocycles. The molecule has 1 atom stereocenters. The minimum atomic E-state index is -0.595. The number of hydrogen-bond acceptors (Lipinski definition) is 5. The number of piperidine rings is 1. The van der Waals surface area contributed by atoms with E-state index < -0.39 is 11.9 Å². The molecule has 7 nitrogen and oxygen atoms in total. The van der Waals surface area contributed by atoms with Crippen LogP contribution in [0.5, 0.6) is 0 Å². The zero-order chi connectivity index (χ0) is 16.7. The summed E-state index contributed by atoms with van der Waals surface area (Å²) in [6.07, 6.45) is 2.22. The standard InChI is InChI=1S/C17H14N4O3/c22-15-6-5-14(16(23)19-15)21-9-11-8-10(3-4-12(11)17(21)24)13-2-1-7-18-20-13/h1-4,7-8,14H,5-6,9H2,(H,19,22,23). The van der Waals surface area contributed by atoms with Gasteiger partial charge in [0.15, 0.2) is 0 Å². The second-order valence-electron chi connectivity index (χ2n) is 5.88. The number of nitrogens with one attached hydrogen (secondary N) is 1. The Labute approximate surface area is 137 Å². The molecule has 1 N–H and O–H groups in total. The van der Waals surface area contributed by atoms with E-state index in [9.17, 15) is 14.4 Å². The van der Waals surface area contributed by atoms with Gasteiger partial charge in [-0.1, -0.05) is 6.07 Å². The summed E-state index contributed by atoms with van der Waals surface area (Å²) in [7, 11) is 0. The van der Waals surface area contributed by atoms with E-state index in [1.165, 1.54) is 4.90 Å². The number of amides is 3. The molecule has 0 saturated carbocycles. The molecule has 1 fully saturated rings. The molecule has 0 spiro atoms. The van der Waals surface area contributed by atoms with Crippen molar-refractivity contribution in [2.75, 3.05) is 0 Å². The van der Waals surface area contributed by atoms with Gasteiger partial charge >= 0.3 is 0 Å². The van der Waals surface area contributed by atoms with Gasteiger partial charge in [0.25, 0.3) is 5.91 Å². The van der Waals surface area contributed by atoms with E-state index >= 15 is 0 Å². The van der Waals surface area contributed by atoms with Crippen LogP contribution in [0.4, 0.5) is 0 Å².